The number of hydrogen-bond donors (Lipinski definition) is 2. The number of rotatable bonds is 5. The predicted octanol–water partition coefficient (Wildman–Crippen LogP) is 3.97. The molecule has 0 saturated carbocycles. The topological polar surface area (TPSA) is 45.4 Å². The van der Waals surface area contributed by atoms with Gasteiger partial charge in [0.2, 0.25) is 0 Å². The van der Waals surface area contributed by atoms with Crippen LogP contribution in [0.4, 0.5) is 0 Å². The van der Waals surface area contributed by atoms with E-state index in [1.54, 1.807) is 12.3 Å². The van der Waals surface area contributed by atoms with Crippen LogP contribution in [0.15, 0.2) is 47.1 Å². The third-order valence-electron chi connectivity index (χ3n) is 3.14. The van der Waals surface area contributed by atoms with Crippen LogP contribution in [-0.2, 0) is 6.54 Å². The Morgan fingerprint density at radius 2 is 2.10 bits per heavy atom. The van der Waals surface area contributed by atoms with Gasteiger partial charge in [0, 0.05) is 28.9 Å². The first-order valence-corrected chi connectivity index (χ1v) is 7.52. The molecule has 0 bridgehead atoms. The van der Waals surface area contributed by atoms with Gasteiger partial charge in [-0.3, -0.25) is 0 Å². The van der Waals surface area contributed by atoms with Gasteiger partial charge in [-0.2, -0.15) is 0 Å². The van der Waals surface area contributed by atoms with Gasteiger partial charge in [0.25, 0.3) is 0 Å². The molecule has 0 amide bonds. The van der Waals surface area contributed by atoms with Crippen molar-refractivity contribution in [2.24, 2.45) is 0 Å². The standard InChI is InChI=1S/C15H14ClNO2S/c16-15-6-5-14(20-15)12(18)8-17-7-10-9-19-13-4-2-1-3-11(10)13/h1-6,9,12,17-18H,7-8H2. The van der Waals surface area contributed by atoms with Crippen LogP contribution in [0.3, 0.4) is 0 Å². The number of furan rings is 1. The van der Waals surface area contributed by atoms with Gasteiger partial charge in [-0.15, -0.1) is 11.3 Å². The number of halogens is 1. The third kappa shape index (κ3) is 2.88. The van der Waals surface area contributed by atoms with Crippen LogP contribution in [-0.4, -0.2) is 11.7 Å². The Bertz CT molecular complexity index is 707. The SMILES string of the molecule is OC(CNCc1coc2ccccc12)c1ccc(Cl)s1. The van der Waals surface area contributed by atoms with Crippen LogP contribution in [0.5, 0.6) is 0 Å². The Kier molecular flexibility index (Phi) is 4.08. The summed E-state index contributed by atoms with van der Waals surface area (Å²) in [5.74, 6) is 0. The van der Waals surface area contributed by atoms with Gasteiger partial charge in [-0.05, 0) is 18.2 Å². The van der Waals surface area contributed by atoms with Gasteiger partial charge < -0.3 is 14.8 Å². The maximum atomic E-state index is 10.0. The second-order valence-corrected chi connectivity index (χ2v) is 6.29. The highest BCUT2D eigenvalue weighted by Gasteiger charge is 2.10. The molecule has 104 valence electrons. The summed E-state index contributed by atoms with van der Waals surface area (Å²) < 4.78 is 6.17. The number of hydrogen-bond acceptors (Lipinski definition) is 4. The summed E-state index contributed by atoms with van der Waals surface area (Å²) in [5.41, 5.74) is 1.98. The molecular formula is C15H14ClNO2S. The van der Waals surface area contributed by atoms with Gasteiger partial charge >= 0.3 is 0 Å². The molecule has 0 saturated heterocycles. The third-order valence-corrected chi connectivity index (χ3v) is 4.47. The molecule has 0 spiro atoms. The minimum absolute atomic E-state index is 0.482. The lowest BCUT2D eigenvalue weighted by atomic mass is 10.2. The summed E-state index contributed by atoms with van der Waals surface area (Å²) >= 11 is 7.26. The quantitative estimate of drug-likeness (QED) is 0.749. The average Bonchev–Trinajstić information content (AvgIpc) is 3.06. The number of aliphatic hydroxyl groups is 1. The van der Waals surface area contributed by atoms with Crippen molar-refractivity contribution in [3.8, 4) is 0 Å². The molecule has 2 heterocycles. The second kappa shape index (κ2) is 5.97. The molecule has 3 aromatic rings. The molecule has 3 nitrogen and oxygen atoms in total. The van der Waals surface area contributed by atoms with Crippen molar-refractivity contribution in [3.63, 3.8) is 0 Å². The van der Waals surface area contributed by atoms with Crippen LogP contribution >= 0.6 is 22.9 Å². The van der Waals surface area contributed by atoms with Gasteiger partial charge in [0.05, 0.1) is 10.6 Å². The minimum Gasteiger partial charge on any atom is -0.464 e. The summed E-state index contributed by atoms with van der Waals surface area (Å²) in [5, 5.41) is 14.4. The number of benzene rings is 1. The zero-order valence-corrected chi connectivity index (χ0v) is 12.2. The Balaban J connectivity index is 1.60. The predicted molar refractivity (Wildman–Crippen MR) is 82.2 cm³/mol. The summed E-state index contributed by atoms with van der Waals surface area (Å²) in [6.45, 7) is 1.14. The van der Waals surface area contributed by atoms with Crippen molar-refractivity contribution < 1.29 is 9.52 Å². The van der Waals surface area contributed by atoms with Crippen LogP contribution in [0.2, 0.25) is 4.34 Å². The highest BCUT2D eigenvalue weighted by molar-refractivity contribution is 7.16. The number of nitrogens with one attached hydrogen (secondary N) is 1. The highest BCUT2D eigenvalue weighted by Crippen LogP contribution is 2.26. The Hall–Kier alpha value is -1.33. The molecule has 0 aliphatic carbocycles. The lowest BCUT2D eigenvalue weighted by molar-refractivity contribution is 0.178. The monoisotopic (exact) mass is 307 g/mol. The van der Waals surface area contributed by atoms with Crippen molar-refractivity contribution in [2.45, 2.75) is 12.6 Å². The first kappa shape index (κ1) is 13.6. The molecule has 1 unspecified atom stereocenters. The molecule has 0 aliphatic rings. The summed E-state index contributed by atoms with van der Waals surface area (Å²) in [6.07, 6.45) is 1.22. The fourth-order valence-corrected chi connectivity index (χ4v) is 3.17. The molecule has 20 heavy (non-hydrogen) atoms. The largest absolute Gasteiger partial charge is 0.464 e. The van der Waals surface area contributed by atoms with Crippen LogP contribution in [0.25, 0.3) is 11.0 Å². The molecule has 0 radical (unpaired) electrons. The second-order valence-electron chi connectivity index (χ2n) is 4.55. The lowest BCUT2D eigenvalue weighted by Gasteiger charge is -2.09. The maximum Gasteiger partial charge on any atom is 0.134 e. The Morgan fingerprint density at radius 3 is 2.90 bits per heavy atom. The Morgan fingerprint density at radius 1 is 1.25 bits per heavy atom. The maximum absolute atomic E-state index is 10.0. The fraction of sp³-hybridized carbons (Fsp3) is 0.200. The van der Waals surface area contributed by atoms with E-state index in [0.29, 0.717) is 17.4 Å². The van der Waals surface area contributed by atoms with Gasteiger partial charge in [-0.25, -0.2) is 0 Å². The van der Waals surface area contributed by atoms with E-state index >= 15 is 0 Å². The highest BCUT2D eigenvalue weighted by atomic mass is 35.5. The smallest absolute Gasteiger partial charge is 0.134 e. The number of fused-ring (bicyclic) bond motifs is 1. The summed E-state index contributed by atoms with van der Waals surface area (Å²) in [4.78, 5) is 0.875. The average molecular weight is 308 g/mol. The number of para-hydroxylation sites is 1. The molecule has 1 aromatic carbocycles. The summed E-state index contributed by atoms with van der Waals surface area (Å²) in [7, 11) is 0. The van der Waals surface area contributed by atoms with E-state index in [1.165, 1.54) is 11.3 Å². The molecule has 3 rings (SSSR count). The van der Waals surface area contributed by atoms with E-state index in [-0.39, 0.29) is 0 Å². The van der Waals surface area contributed by atoms with Crippen molar-refractivity contribution >= 4 is 33.9 Å². The lowest BCUT2D eigenvalue weighted by Crippen LogP contribution is -2.20. The molecular weight excluding hydrogens is 294 g/mol. The van der Waals surface area contributed by atoms with E-state index in [0.717, 1.165) is 21.4 Å². The van der Waals surface area contributed by atoms with Gasteiger partial charge in [-0.1, -0.05) is 29.8 Å². The number of thiophene rings is 1. The first-order chi connectivity index (χ1) is 9.74. The molecule has 0 fully saturated rings. The van der Waals surface area contributed by atoms with Crippen molar-refractivity contribution in [2.75, 3.05) is 6.54 Å². The van der Waals surface area contributed by atoms with E-state index in [4.69, 9.17) is 16.0 Å². The van der Waals surface area contributed by atoms with Gasteiger partial charge in [0.15, 0.2) is 0 Å². The van der Waals surface area contributed by atoms with Crippen LogP contribution in [0.1, 0.15) is 16.5 Å². The molecule has 5 heteroatoms. The zero-order chi connectivity index (χ0) is 13.9. The molecule has 2 aromatic heterocycles. The molecule has 1 atom stereocenters. The minimum atomic E-state index is -0.536. The van der Waals surface area contributed by atoms with E-state index < -0.39 is 6.10 Å². The van der Waals surface area contributed by atoms with E-state index in [2.05, 4.69) is 5.32 Å². The normalized spacial score (nSPS) is 12.9. The zero-order valence-electron chi connectivity index (χ0n) is 10.7. The van der Waals surface area contributed by atoms with Crippen LogP contribution < -0.4 is 5.32 Å². The first-order valence-electron chi connectivity index (χ1n) is 6.33. The Labute approximate surface area is 125 Å². The van der Waals surface area contributed by atoms with Crippen molar-refractivity contribution in [1.82, 2.24) is 5.32 Å². The molecule has 2 N–H and O–H groups in total. The molecule has 0 aliphatic heterocycles. The van der Waals surface area contributed by atoms with Crippen molar-refractivity contribution in [3.05, 3.63) is 57.4 Å². The van der Waals surface area contributed by atoms with E-state index in [9.17, 15) is 5.11 Å². The fourth-order valence-electron chi connectivity index (χ4n) is 2.12. The van der Waals surface area contributed by atoms with Crippen molar-refractivity contribution in [1.29, 1.82) is 0 Å². The van der Waals surface area contributed by atoms with Crippen LogP contribution in [0, 0.1) is 0 Å². The summed E-state index contributed by atoms with van der Waals surface area (Å²) in [6, 6.07) is 11.6. The number of aliphatic hydroxyl groups excluding tert-OH is 1. The van der Waals surface area contributed by atoms with E-state index in [1.807, 2.05) is 30.3 Å². The van der Waals surface area contributed by atoms with Gasteiger partial charge in [0.1, 0.15) is 11.7 Å².